The van der Waals surface area contributed by atoms with E-state index in [1.165, 1.54) is 12.1 Å². The van der Waals surface area contributed by atoms with Crippen molar-refractivity contribution in [3.8, 4) is 17.1 Å². The van der Waals surface area contributed by atoms with E-state index in [1.54, 1.807) is 10.7 Å². The first kappa shape index (κ1) is 13.7. The van der Waals surface area contributed by atoms with Crippen molar-refractivity contribution in [2.75, 3.05) is 5.73 Å². The lowest BCUT2D eigenvalue weighted by Crippen LogP contribution is -2.01. The van der Waals surface area contributed by atoms with Crippen LogP contribution in [0.5, 0.6) is 0 Å². The summed E-state index contributed by atoms with van der Waals surface area (Å²) < 4.78 is 15.9. The molecule has 0 amide bonds. The van der Waals surface area contributed by atoms with Crippen molar-refractivity contribution in [2.45, 2.75) is 6.92 Å². The van der Waals surface area contributed by atoms with E-state index in [2.05, 4.69) is 31.5 Å². The molecule has 0 aliphatic heterocycles. The number of hydrogen-bond donors (Lipinski definition) is 1. The predicted molar refractivity (Wildman–Crippen MR) is 81.4 cm³/mol. The molecular weight excluding hydrogens is 337 g/mol. The molecule has 2 aromatic carbocycles. The van der Waals surface area contributed by atoms with E-state index in [0.29, 0.717) is 11.4 Å². The molecule has 106 valence electrons. The summed E-state index contributed by atoms with van der Waals surface area (Å²) in [6.45, 7) is 1.98. The van der Waals surface area contributed by atoms with Gasteiger partial charge in [-0.05, 0) is 59.3 Å². The fourth-order valence-corrected chi connectivity index (χ4v) is 2.23. The Labute approximate surface area is 128 Å². The Morgan fingerprint density at radius 2 is 2.00 bits per heavy atom. The summed E-state index contributed by atoms with van der Waals surface area (Å²) in [4.78, 5) is 0. The molecule has 21 heavy (non-hydrogen) atoms. The first-order chi connectivity index (χ1) is 10.1. The van der Waals surface area contributed by atoms with Crippen LogP contribution < -0.4 is 5.73 Å². The van der Waals surface area contributed by atoms with Crippen LogP contribution in [-0.4, -0.2) is 20.2 Å². The number of nitrogens with two attached hydrogens (primary N) is 1. The molecule has 0 unspecified atom stereocenters. The summed E-state index contributed by atoms with van der Waals surface area (Å²) in [5.41, 5.74) is 8.20. The summed E-state index contributed by atoms with van der Waals surface area (Å²) in [6, 6.07) is 10.2. The third-order valence-electron chi connectivity index (χ3n) is 3.11. The van der Waals surface area contributed by atoms with Crippen molar-refractivity contribution in [2.24, 2.45) is 0 Å². The second-order valence-corrected chi connectivity index (χ2v) is 5.44. The second-order valence-electron chi connectivity index (χ2n) is 4.58. The Kier molecular flexibility index (Phi) is 3.42. The number of tetrazole rings is 1. The molecular formula is C14H11BrFN5. The zero-order valence-corrected chi connectivity index (χ0v) is 12.7. The molecule has 0 fully saturated rings. The van der Waals surface area contributed by atoms with E-state index in [0.717, 1.165) is 15.7 Å². The van der Waals surface area contributed by atoms with Gasteiger partial charge >= 0.3 is 0 Å². The number of benzene rings is 2. The molecule has 0 aliphatic carbocycles. The van der Waals surface area contributed by atoms with Gasteiger partial charge in [0, 0.05) is 10.0 Å². The lowest BCUT2D eigenvalue weighted by Gasteiger charge is -2.07. The van der Waals surface area contributed by atoms with Crippen LogP contribution in [0, 0.1) is 12.7 Å². The SMILES string of the molecule is Cc1cc(-n2nnnc2-c2ccc(F)c(N)c2)ccc1Br. The number of rotatable bonds is 2. The van der Waals surface area contributed by atoms with Crippen LogP contribution in [0.3, 0.4) is 0 Å². The van der Waals surface area contributed by atoms with Gasteiger partial charge in [0.2, 0.25) is 0 Å². The minimum Gasteiger partial charge on any atom is -0.396 e. The van der Waals surface area contributed by atoms with E-state index < -0.39 is 5.82 Å². The highest BCUT2D eigenvalue weighted by Crippen LogP contribution is 2.25. The molecule has 2 N–H and O–H groups in total. The van der Waals surface area contributed by atoms with E-state index in [4.69, 9.17) is 5.73 Å². The third kappa shape index (κ3) is 2.52. The average molecular weight is 348 g/mol. The van der Waals surface area contributed by atoms with Crippen LogP contribution in [0.4, 0.5) is 10.1 Å². The molecule has 3 rings (SSSR count). The van der Waals surface area contributed by atoms with Crippen molar-refractivity contribution >= 4 is 21.6 Å². The van der Waals surface area contributed by atoms with Gasteiger partial charge in [0.05, 0.1) is 11.4 Å². The molecule has 0 radical (unpaired) electrons. The van der Waals surface area contributed by atoms with Crippen molar-refractivity contribution < 1.29 is 4.39 Å². The second kappa shape index (κ2) is 5.25. The van der Waals surface area contributed by atoms with Crippen LogP contribution in [0.1, 0.15) is 5.56 Å². The van der Waals surface area contributed by atoms with Crippen LogP contribution in [0.25, 0.3) is 17.1 Å². The van der Waals surface area contributed by atoms with Gasteiger partial charge in [0.15, 0.2) is 5.82 Å². The van der Waals surface area contributed by atoms with Crippen LogP contribution in [0.2, 0.25) is 0 Å². The largest absolute Gasteiger partial charge is 0.396 e. The monoisotopic (exact) mass is 347 g/mol. The van der Waals surface area contributed by atoms with Crippen molar-refractivity contribution in [3.05, 3.63) is 52.3 Å². The number of anilines is 1. The molecule has 0 atom stereocenters. The van der Waals surface area contributed by atoms with E-state index >= 15 is 0 Å². The first-order valence-corrected chi connectivity index (χ1v) is 6.96. The molecule has 5 nitrogen and oxygen atoms in total. The van der Waals surface area contributed by atoms with Crippen LogP contribution >= 0.6 is 15.9 Å². The van der Waals surface area contributed by atoms with Crippen molar-refractivity contribution in [1.82, 2.24) is 20.2 Å². The summed E-state index contributed by atoms with van der Waals surface area (Å²) >= 11 is 3.45. The summed E-state index contributed by atoms with van der Waals surface area (Å²) in [7, 11) is 0. The zero-order chi connectivity index (χ0) is 15.0. The van der Waals surface area contributed by atoms with Crippen molar-refractivity contribution in [1.29, 1.82) is 0 Å². The number of aromatic nitrogens is 4. The number of nitrogens with zero attached hydrogens (tertiary/aromatic N) is 4. The first-order valence-electron chi connectivity index (χ1n) is 6.16. The van der Waals surface area contributed by atoms with Gasteiger partial charge < -0.3 is 5.73 Å². The van der Waals surface area contributed by atoms with Crippen LogP contribution in [-0.2, 0) is 0 Å². The minimum atomic E-state index is -0.461. The average Bonchev–Trinajstić information content (AvgIpc) is 2.94. The predicted octanol–water partition coefficient (Wildman–Crippen LogP) is 3.12. The van der Waals surface area contributed by atoms with Crippen LogP contribution in [0.15, 0.2) is 40.9 Å². The molecule has 1 aromatic heterocycles. The van der Waals surface area contributed by atoms with Gasteiger partial charge in [-0.2, -0.15) is 4.68 Å². The summed E-state index contributed by atoms with van der Waals surface area (Å²) in [5.74, 6) is 0.0423. The molecule has 0 spiro atoms. The molecule has 0 aliphatic rings. The van der Waals surface area contributed by atoms with E-state index in [1.807, 2.05) is 25.1 Å². The topological polar surface area (TPSA) is 69.6 Å². The fourth-order valence-electron chi connectivity index (χ4n) is 1.98. The molecule has 7 heteroatoms. The number of halogens is 2. The van der Waals surface area contributed by atoms with E-state index in [9.17, 15) is 4.39 Å². The lowest BCUT2D eigenvalue weighted by atomic mass is 10.1. The number of hydrogen-bond acceptors (Lipinski definition) is 4. The molecule has 0 saturated carbocycles. The Hall–Kier alpha value is -2.28. The van der Waals surface area contributed by atoms with E-state index in [-0.39, 0.29) is 5.69 Å². The maximum absolute atomic E-state index is 13.3. The van der Waals surface area contributed by atoms with Gasteiger partial charge in [0.25, 0.3) is 0 Å². The van der Waals surface area contributed by atoms with Gasteiger partial charge in [-0.3, -0.25) is 0 Å². The normalized spacial score (nSPS) is 10.8. The van der Waals surface area contributed by atoms with Gasteiger partial charge in [-0.15, -0.1) is 5.10 Å². The summed E-state index contributed by atoms with van der Waals surface area (Å²) in [6.07, 6.45) is 0. The molecule has 3 aromatic rings. The summed E-state index contributed by atoms with van der Waals surface area (Å²) in [5, 5.41) is 11.7. The highest BCUT2D eigenvalue weighted by Gasteiger charge is 2.12. The van der Waals surface area contributed by atoms with Gasteiger partial charge in [-0.25, -0.2) is 4.39 Å². The number of aryl methyl sites for hydroxylation is 1. The van der Waals surface area contributed by atoms with Gasteiger partial charge in [0.1, 0.15) is 5.82 Å². The third-order valence-corrected chi connectivity index (χ3v) is 4.00. The smallest absolute Gasteiger partial charge is 0.187 e. The highest BCUT2D eigenvalue weighted by molar-refractivity contribution is 9.10. The highest BCUT2D eigenvalue weighted by atomic mass is 79.9. The molecule has 0 saturated heterocycles. The van der Waals surface area contributed by atoms with Crippen molar-refractivity contribution in [3.63, 3.8) is 0 Å². The van der Waals surface area contributed by atoms with Gasteiger partial charge in [-0.1, -0.05) is 15.9 Å². The fraction of sp³-hybridized carbons (Fsp3) is 0.0714. The lowest BCUT2D eigenvalue weighted by molar-refractivity contribution is 0.632. The molecule has 1 heterocycles. The quantitative estimate of drug-likeness (QED) is 0.723. The standard InChI is InChI=1S/C14H11BrFN5/c1-8-6-10(3-4-11(8)15)21-14(18-19-20-21)9-2-5-12(16)13(17)7-9/h2-7H,17H2,1H3. The maximum Gasteiger partial charge on any atom is 0.187 e. The Bertz CT molecular complexity index is 749. The Morgan fingerprint density at radius 3 is 2.71 bits per heavy atom. The maximum atomic E-state index is 13.3. The number of nitrogen functional groups attached to an aromatic ring is 1. The Balaban J connectivity index is 2.12. The Morgan fingerprint density at radius 1 is 1.19 bits per heavy atom. The molecule has 0 bridgehead atoms. The zero-order valence-electron chi connectivity index (χ0n) is 11.1. The minimum absolute atomic E-state index is 0.0639.